The van der Waals surface area contributed by atoms with Crippen molar-refractivity contribution in [2.75, 3.05) is 7.05 Å². The number of rotatable bonds is 1. The lowest BCUT2D eigenvalue weighted by Gasteiger charge is -2.11. The smallest absolute Gasteiger partial charge is 0.269 e. The van der Waals surface area contributed by atoms with E-state index >= 15 is 0 Å². The Morgan fingerprint density at radius 1 is 1.57 bits per heavy atom. The molecule has 5 heteroatoms. The van der Waals surface area contributed by atoms with Gasteiger partial charge in [0.2, 0.25) is 0 Å². The molecule has 0 unspecified atom stereocenters. The molecule has 0 aliphatic carbocycles. The van der Waals surface area contributed by atoms with Crippen molar-refractivity contribution in [2.24, 2.45) is 5.84 Å². The molecule has 0 heterocycles. The average molecular weight is 217 g/mol. The van der Waals surface area contributed by atoms with Crippen LogP contribution in [0.2, 0.25) is 5.02 Å². The van der Waals surface area contributed by atoms with E-state index in [0.29, 0.717) is 5.56 Å². The summed E-state index contributed by atoms with van der Waals surface area (Å²) in [5, 5.41) is 1.06. The lowest BCUT2D eigenvalue weighted by Crippen LogP contribution is -2.33. The fourth-order valence-corrected chi connectivity index (χ4v) is 1.30. The number of hydrogen-bond donors (Lipinski definition) is 1. The van der Waals surface area contributed by atoms with Crippen LogP contribution in [0.15, 0.2) is 12.1 Å². The van der Waals surface area contributed by atoms with Crippen LogP contribution < -0.4 is 5.84 Å². The molecule has 1 amide bonds. The molecule has 0 fully saturated rings. The number of nitrogens with zero attached hydrogens (tertiary/aromatic N) is 1. The number of aryl methyl sites for hydroxylation is 1. The maximum absolute atomic E-state index is 13.1. The van der Waals surface area contributed by atoms with Gasteiger partial charge in [0.25, 0.3) is 5.91 Å². The summed E-state index contributed by atoms with van der Waals surface area (Å²) in [7, 11) is 1.37. The SMILES string of the molecule is Cc1cc(Cl)c(C(=O)N(C)N)cc1F. The quantitative estimate of drug-likeness (QED) is 0.442. The van der Waals surface area contributed by atoms with Crippen molar-refractivity contribution in [1.82, 2.24) is 5.01 Å². The Morgan fingerprint density at radius 2 is 2.14 bits per heavy atom. The van der Waals surface area contributed by atoms with Crippen LogP contribution in [0.3, 0.4) is 0 Å². The molecule has 1 aromatic rings. The van der Waals surface area contributed by atoms with E-state index in [4.69, 9.17) is 17.4 Å². The predicted molar refractivity (Wildman–Crippen MR) is 52.4 cm³/mol. The average Bonchev–Trinajstić information content (AvgIpc) is 2.10. The number of nitrogens with two attached hydrogens (primary N) is 1. The Labute approximate surface area is 86.2 Å². The van der Waals surface area contributed by atoms with Crippen molar-refractivity contribution in [3.05, 3.63) is 34.1 Å². The van der Waals surface area contributed by atoms with Crippen LogP contribution in [0.4, 0.5) is 4.39 Å². The highest BCUT2D eigenvalue weighted by Crippen LogP contribution is 2.20. The Kier molecular flexibility index (Phi) is 3.08. The van der Waals surface area contributed by atoms with Gasteiger partial charge < -0.3 is 0 Å². The summed E-state index contributed by atoms with van der Waals surface area (Å²) >= 11 is 5.77. The number of hydrogen-bond acceptors (Lipinski definition) is 2. The molecule has 1 rings (SSSR count). The summed E-state index contributed by atoms with van der Waals surface area (Å²) in [6.45, 7) is 1.57. The summed E-state index contributed by atoms with van der Waals surface area (Å²) < 4.78 is 13.1. The lowest BCUT2D eigenvalue weighted by molar-refractivity contribution is 0.0795. The maximum Gasteiger partial charge on any atom is 0.269 e. The van der Waals surface area contributed by atoms with E-state index < -0.39 is 11.7 Å². The van der Waals surface area contributed by atoms with E-state index in [1.165, 1.54) is 13.1 Å². The van der Waals surface area contributed by atoms with Gasteiger partial charge in [0, 0.05) is 7.05 Å². The largest absolute Gasteiger partial charge is 0.280 e. The summed E-state index contributed by atoms with van der Waals surface area (Å²) in [5.74, 6) is 4.24. The molecule has 0 aliphatic heterocycles. The monoisotopic (exact) mass is 216 g/mol. The second-order valence-electron chi connectivity index (χ2n) is 3.00. The number of halogens is 2. The third-order valence-corrected chi connectivity index (χ3v) is 2.11. The molecular formula is C9H10ClFN2O. The fourth-order valence-electron chi connectivity index (χ4n) is 1.00. The molecule has 0 spiro atoms. The molecular weight excluding hydrogens is 207 g/mol. The van der Waals surface area contributed by atoms with Crippen LogP contribution in [0.1, 0.15) is 15.9 Å². The molecule has 0 saturated carbocycles. The molecule has 0 atom stereocenters. The van der Waals surface area contributed by atoms with Gasteiger partial charge in [0.1, 0.15) is 5.82 Å². The highest BCUT2D eigenvalue weighted by molar-refractivity contribution is 6.33. The Hall–Kier alpha value is -1.13. The van der Waals surface area contributed by atoms with Gasteiger partial charge in [0.05, 0.1) is 10.6 Å². The van der Waals surface area contributed by atoms with Crippen LogP contribution in [-0.4, -0.2) is 18.0 Å². The standard InChI is InChI=1S/C9H10ClFN2O/c1-5-3-7(10)6(4-8(5)11)9(14)13(2)12/h3-4H,12H2,1-2H3. The summed E-state index contributed by atoms with van der Waals surface area (Å²) in [4.78, 5) is 11.4. The maximum atomic E-state index is 13.1. The Balaban J connectivity index is 3.22. The topological polar surface area (TPSA) is 46.3 Å². The van der Waals surface area contributed by atoms with E-state index in [-0.39, 0.29) is 10.6 Å². The minimum absolute atomic E-state index is 0.0692. The Morgan fingerprint density at radius 3 is 2.64 bits per heavy atom. The molecule has 3 nitrogen and oxygen atoms in total. The normalized spacial score (nSPS) is 10.1. The first-order valence-electron chi connectivity index (χ1n) is 3.92. The van der Waals surface area contributed by atoms with Gasteiger partial charge in [-0.1, -0.05) is 11.6 Å². The fraction of sp³-hybridized carbons (Fsp3) is 0.222. The number of hydrazine groups is 1. The zero-order valence-electron chi connectivity index (χ0n) is 7.84. The minimum atomic E-state index is -0.520. The van der Waals surface area contributed by atoms with Gasteiger partial charge in [-0.05, 0) is 24.6 Å². The van der Waals surface area contributed by atoms with E-state index in [1.807, 2.05) is 0 Å². The first-order valence-corrected chi connectivity index (χ1v) is 4.29. The summed E-state index contributed by atoms with van der Waals surface area (Å²) in [6, 6.07) is 2.48. The van der Waals surface area contributed by atoms with Crippen molar-refractivity contribution in [3.8, 4) is 0 Å². The van der Waals surface area contributed by atoms with Crippen molar-refractivity contribution >= 4 is 17.5 Å². The van der Waals surface area contributed by atoms with Gasteiger partial charge in [0.15, 0.2) is 0 Å². The molecule has 14 heavy (non-hydrogen) atoms. The number of benzene rings is 1. The van der Waals surface area contributed by atoms with Crippen molar-refractivity contribution in [1.29, 1.82) is 0 Å². The van der Waals surface area contributed by atoms with Gasteiger partial charge in [-0.3, -0.25) is 9.80 Å². The van der Waals surface area contributed by atoms with Crippen LogP contribution >= 0.6 is 11.6 Å². The van der Waals surface area contributed by atoms with E-state index in [1.54, 1.807) is 6.92 Å². The number of carbonyl (C=O) groups excluding carboxylic acids is 1. The molecule has 76 valence electrons. The lowest BCUT2D eigenvalue weighted by atomic mass is 10.1. The molecule has 1 aromatic carbocycles. The van der Waals surface area contributed by atoms with E-state index in [0.717, 1.165) is 11.1 Å². The van der Waals surface area contributed by atoms with Gasteiger partial charge in [-0.2, -0.15) is 0 Å². The molecule has 0 aromatic heterocycles. The van der Waals surface area contributed by atoms with Crippen molar-refractivity contribution in [2.45, 2.75) is 6.92 Å². The second kappa shape index (κ2) is 3.94. The van der Waals surface area contributed by atoms with Gasteiger partial charge in [-0.25, -0.2) is 10.2 Å². The molecule has 0 saturated heterocycles. The zero-order chi connectivity index (χ0) is 10.9. The summed E-state index contributed by atoms with van der Waals surface area (Å²) in [6.07, 6.45) is 0. The second-order valence-corrected chi connectivity index (χ2v) is 3.40. The van der Waals surface area contributed by atoms with Gasteiger partial charge >= 0.3 is 0 Å². The highest BCUT2D eigenvalue weighted by atomic mass is 35.5. The minimum Gasteiger partial charge on any atom is -0.280 e. The predicted octanol–water partition coefficient (Wildman–Crippen LogP) is 1.73. The van der Waals surface area contributed by atoms with E-state index in [9.17, 15) is 9.18 Å². The third kappa shape index (κ3) is 2.02. The van der Waals surface area contributed by atoms with Crippen LogP contribution in [-0.2, 0) is 0 Å². The van der Waals surface area contributed by atoms with Crippen molar-refractivity contribution < 1.29 is 9.18 Å². The molecule has 0 bridgehead atoms. The molecule has 2 N–H and O–H groups in total. The van der Waals surface area contributed by atoms with Crippen molar-refractivity contribution in [3.63, 3.8) is 0 Å². The van der Waals surface area contributed by atoms with Crippen LogP contribution in [0, 0.1) is 12.7 Å². The van der Waals surface area contributed by atoms with Crippen LogP contribution in [0.5, 0.6) is 0 Å². The third-order valence-electron chi connectivity index (χ3n) is 1.80. The van der Waals surface area contributed by atoms with Crippen LogP contribution in [0.25, 0.3) is 0 Å². The zero-order valence-corrected chi connectivity index (χ0v) is 8.60. The first-order chi connectivity index (χ1) is 6.43. The number of amides is 1. The molecule has 0 radical (unpaired) electrons. The summed E-state index contributed by atoms with van der Waals surface area (Å²) in [5.41, 5.74) is 0.464. The van der Waals surface area contributed by atoms with E-state index in [2.05, 4.69) is 0 Å². The highest BCUT2D eigenvalue weighted by Gasteiger charge is 2.15. The van der Waals surface area contributed by atoms with Gasteiger partial charge in [-0.15, -0.1) is 0 Å². The number of carbonyl (C=O) groups is 1. The molecule has 0 aliphatic rings. The first kappa shape index (κ1) is 10.9. The Bertz CT molecular complexity index is 379.